The van der Waals surface area contributed by atoms with Crippen molar-refractivity contribution in [1.29, 1.82) is 0 Å². The van der Waals surface area contributed by atoms with E-state index < -0.39 is 29.5 Å². The van der Waals surface area contributed by atoms with Gasteiger partial charge in [0.2, 0.25) is 0 Å². The van der Waals surface area contributed by atoms with Crippen molar-refractivity contribution in [3.8, 4) is 11.5 Å². The van der Waals surface area contributed by atoms with Crippen molar-refractivity contribution in [3.63, 3.8) is 0 Å². The second-order valence-electron chi connectivity index (χ2n) is 7.00. The third kappa shape index (κ3) is 4.61. The Morgan fingerprint density at radius 2 is 1.91 bits per heavy atom. The highest BCUT2D eigenvalue weighted by atomic mass is 35.5. The van der Waals surface area contributed by atoms with Gasteiger partial charge in [-0.2, -0.15) is 0 Å². The topological polar surface area (TPSA) is 102 Å². The first kappa shape index (κ1) is 23.3. The predicted molar refractivity (Wildman–Crippen MR) is 117 cm³/mol. The van der Waals surface area contributed by atoms with Crippen LogP contribution in [-0.4, -0.2) is 55.0 Å². The molecule has 1 atom stereocenters. The fourth-order valence-electron chi connectivity index (χ4n) is 3.57. The van der Waals surface area contributed by atoms with Crippen molar-refractivity contribution in [2.24, 2.45) is 0 Å². The van der Waals surface area contributed by atoms with Crippen LogP contribution >= 0.6 is 11.6 Å². The van der Waals surface area contributed by atoms with Gasteiger partial charge in [0, 0.05) is 25.6 Å². The molecule has 2 aromatic carbocycles. The van der Waals surface area contributed by atoms with Crippen molar-refractivity contribution in [1.82, 2.24) is 4.90 Å². The number of ether oxygens (including phenoxy) is 3. The Morgan fingerprint density at radius 3 is 2.56 bits per heavy atom. The van der Waals surface area contributed by atoms with Crippen LogP contribution < -0.4 is 9.47 Å². The highest BCUT2D eigenvalue weighted by molar-refractivity contribution is 6.46. The minimum Gasteiger partial charge on any atom is -0.507 e. The first-order valence-corrected chi connectivity index (χ1v) is 10.1. The maximum atomic E-state index is 13.0. The molecule has 1 aliphatic rings. The molecule has 1 saturated heterocycles. The van der Waals surface area contributed by atoms with E-state index in [0.29, 0.717) is 10.6 Å². The molecule has 9 heteroatoms. The van der Waals surface area contributed by atoms with Crippen LogP contribution in [0.1, 0.15) is 24.1 Å². The maximum absolute atomic E-state index is 13.0. The van der Waals surface area contributed by atoms with E-state index in [-0.39, 0.29) is 35.8 Å². The first-order chi connectivity index (χ1) is 15.3. The van der Waals surface area contributed by atoms with Gasteiger partial charge in [0.1, 0.15) is 17.3 Å². The van der Waals surface area contributed by atoms with Gasteiger partial charge in [0.15, 0.2) is 0 Å². The Bertz CT molecular complexity index is 1100. The summed E-state index contributed by atoms with van der Waals surface area (Å²) in [5.41, 5.74) is 0.513. The van der Waals surface area contributed by atoms with Gasteiger partial charge in [0.05, 0.1) is 30.9 Å². The molecular weight excluding hydrogens is 438 g/mol. The largest absolute Gasteiger partial charge is 0.507 e. The third-order valence-electron chi connectivity index (χ3n) is 4.93. The maximum Gasteiger partial charge on any atom is 0.308 e. The zero-order valence-corrected chi connectivity index (χ0v) is 18.5. The van der Waals surface area contributed by atoms with Gasteiger partial charge in [-0.15, -0.1) is 0 Å². The molecule has 168 valence electrons. The molecule has 3 rings (SSSR count). The highest BCUT2D eigenvalue weighted by Gasteiger charge is 2.46. The average Bonchev–Trinajstić information content (AvgIpc) is 3.01. The van der Waals surface area contributed by atoms with Crippen molar-refractivity contribution < 1.29 is 33.7 Å². The Labute approximate surface area is 189 Å². The van der Waals surface area contributed by atoms with E-state index in [0.717, 1.165) is 0 Å². The smallest absolute Gasteiger partial charge is 0.308 e. The summed E-state index contributed by atoms with van der Waals surface area (Å²) in [6, 6.07) is 10.1. The van der Waals surface area contributed by atoms with Crippen molar-refractivity contribution in [2.75, 3.05) is 27.4 Å². The zero-order valence-electron chi connectivity index (χ0n) is 17.8. The van der Waals surface area contributed by atoms with Crippen LogP contribution in [-0.2, 0) is 19.1 Å². The molecule has 0 bridgehead atoms. The molecule has 1 amide bonds. The Morgan fingerprint density at radius 1 is 1.16 bits per heavy atom. The molecule has 1 N–H and O–H groups in total. The van der Waals surface area contributed by atoms with E-state index in [1.54, 1.807) is 36.4 Å². The number of methoxy groups -OCH3 is 2. The number of benzene rings is 2. The van der Waals surface area contributed by atoms with Crippen LogP contribution in [0.15, 0.2) is 48.0 Å². The lowest BCUT2D eigenvalue weighted by atomic mass is 9.95. The van der Waals surface area contributed by atoms with Crippen LogP contribution in [0.2, 0.25) is 5.02 Å². The number of hydrogen-bond donors (Lipinski definition) is 1. The summed E-state index contributed by atoms with van der Waals surface area (Å²) in [7, 11) is 2.89. The molecule has 2 aromatic rings. The lowest BCUT2D eigenvalue weighted by molar-refractivity contribution is -0.140. The number of aliphatic hydroxyl groups is 1. The van der Waals surface area contributed by atoms with Crippen LogP contribution in [0.4, 0.5) is 0 Å². The number of halogens is 1. The summed E-state index contributed by atoms with van der Waals surface area (Å²) < 4.78 is 15.5. The van der Waals surface area contributed by atoms with E-state index in [1.807, 2.05) is 0 Å². The molecule has 32 heavy (non-hydrogen) atoms. The van der Waals surface area contributed by atoms with Crippen molar-refractivity contribution >= 4 is 35.0 Å². The minimum atomic E-state index is -0.940. The number of amides is 1. The number of hydrogen-bond acceptors (Lipinski definition) is 7. The quantitative estimate of drug-likeness (QED) is 0.223. The number of carbonyl (C=O) groups excluding carboxylic acids is 3. The number of rotatable bonds is 7. The van der Waals surface area contributed by atoms with Gasteiger partial charge in [-0.3, -0.25) is 14.4 Å². The van der Waals surface area contributed by atoms with Crippen LogP contribution in [0.3, 0.4) is 0 Å². The second kappa shape index (κ2) is 9.84. The summed E-state index contributed by atoms with van der Waals surface area (Å²) >= 11 is 6.09. The highest BCUT2D eigenvalue weighted by Crippen LogP contribution is 2.41. The van der Waals surface area contributed by atoms with Crippen LogP contribution in [0.25, 0.3) is 5.76 Å². The summed E-state index contributed by atoms with van der Waals surface area (Å²) in [6.07, 6.45) is 0. The summed E-state index contributed by atoms with van der Waals surface area (Å²) in [4.78, 5) is 38.6. The third-order valence-corrected chi connectivity index (χ3v) is 5.16. The molecule has 1 unspecified atom stereocenters. The fourth-order valence-corrected chi connectivity index (χ4v) is 3.74. The van der Waals surface area contributed by atoms with Gasteiger partial charge in [-0.05, 0) is 35.9 Å². The Balaban J connectivity index is 2.22. The molecule has 0 saturated carbocycles. The lowest BCUT2D eigenvalue weighted by Gasteiger charge is -2.25. The second-order valence-corrected chi connectivity index (χ2v) is 7.43. The van der Waals surface area contributed by atoms with E-state index in [9.17, 15) is 19.5 Å². The van der Waals surface area contributed by atoms with E-state index >= 15 is 0 Å². The SMILES string of the molecule is COCCN1C(=O)C(=O)/C(=C(/O)c2cc(Cl)ccc2OC)C1c1cccc(OC(C)=O)c1. The predicted octanol–water partition coefficient (Wildman–Crippen LogP) is 3.34. The number of ketones is 1. The van der Waals surface area contributed by atoms with Gasteiger partial charge in [-0.1, -0.05) is 23.7 Å². The summed E-state index contributed by atoms with van der Waals surface area (Å²) in [5, 5.41) is 11.5. The standard InChI is InChI=1S/C23H22ClNO7/c1-13(26)32-16-6-4-5-14(11-16)20-19(22(28)23(29)25(20)9-10-30-2)21(27)17-12-15(24)7-8-18(17)31-3/h4-8,11-12,20,27H,9-10H2,1-3H3/b21-19+. The number of nitrogens with zero attached hydrogens (tertiary/aromatic N) is 1. The normalized spacial score (nSPS) is 17.5. The number of carbonyl (C=O) groups is 3. The number of aliphatic hydroxyl groups excluding tert-OH is 1. The molecule has 1 fully saturated rings. The molecule has 0 spiro atoms. The van der Waals surface area contributed by atoms with E-state index in [1.165, 1.54) is 32.1 Å². The molecule has 0 radical (unpaired) electrons. The monoisotopic (exact) mass is 459 g/mol. The average molecular weight is 460 g/mol. The first-order valence-electron chi connectivity index (χ1n) is 9.68. The minimum absolute atomic E-state index is 0.104. The molecule has 0 aliphatic carbocycles. The van der Waals surface area contributed by atoms with Crippen molar-refractivity contribution in [2.45, 2.75) is 13.0 Å². The van der Waals surface area contributed by atoms with Crippen LogP contribution in [0.5, 0.6) is 11.5 Å². The molecule has 0 aromatic heterocycles. The Kier molecular flexibility index (Phi) is 7.17. The van der Waals surface area contributed by atoms with E-state index in [4.69, 9.17) is 25.8 Å². The molecule has 8 nitrogen and oxygen atoms in total. The van der Waals surface area contributed by atoms with Gasteiger partial charge in [-0.25, -0.2) is 0 Å². The fraction of sp³-hybridized carbons (Fsp3) is 0.261. The summed E-state index contributed by atoms with van der Waals surface area (Å²) in [6.45, 7) is 1.55. The molecular formula is C23H22ClNO7. The number of esters is 1. The number of likely N-dealkylation sites (tertiary alicyclic amines) is 1. The number of Topliss-reactive ketones (excluding diaryl/α,β-unsaturated/α-hetero) is 1. The van der Waals surface area contributed by atoms with E-state index in [2.05, 4.69) is 0 Å². The van der Waals surface area contributed by atoms with Crippen molar-refractivity contribution in [3.05, 3.63) is 64.2 Å². The molecule has 1 heterocycles. The Hall–Kier alpha value is -3.36. The lowest BCUT2D eigenvalue weighted by Crippen LogP contribution is -2.32. The zero-order chi connectivity index (χ0) is 23.4. The summed E-state index contributed by atoms with van der Waals surface area (Å²) in [5.74, 6) is -2.06. The van der Waals surface area contributed by atoms with Gasteiger partial charge >= 0.3 is 5.97 Å². The molecule has 1 aliphatic heterocycles. The van der Waals surface area contributed by atoms with Crippen LogP contribution in [0, 0.1) is 0 Å². The van der Waals surface area contributed by atoms with Gasteiger partial charge < -0.3 is 24.2 Å². The van der Waals surface area contributed by atoms with Gasteiger partial charge in [0.25, 0.3) is 11.7 Å².